The third-order valence-electron chi connectivity index (χ3n) is 4.20. The van der Waals surface area contributed by atoms with Gasteiger partial charge in [-0.3, -0.25) is 4.90 Å². The van der Waals surface area contributed by atoms with Crippen molar-refractivity contribution in [2.45, 2.75) is 25.5 Å². The van der Waals surface area contributed by atoms with Gasteiger partial charge in [0, 0.05) is 13.1 Å². The third kappa shape index (κ3) is 3.04. The van der Waals surface area contributed by atoms with Crippen LogP contribution in [0.15, 0.2) is 24.3 Å². The van der Waals surface area contributed by atoms with Gasteiger partial charge in [0.05, 0.1) is 0 Å². The normalized spacial score (nSPS) is 28.1. The number of hydrogen-bond donors (Lipinski definition) is 2. The van der Waals surface area contributed by atoms with E-state index in [1.807, 2.05) is 6.07 Å². The van der Waals surface area contributed by atoms with Gasteiger partial charge in [-0.25, -0.2) is 4.79 Å². The molecule has 3 aliphatic heterocycles. The first-order valence-corrected chi connectivity index (χ1v) is 7.15. The highest BCUT2D eigenvalue weighted by atomic mass is 16.6. The van der Waals surface area contributed by atoms with Crippen LogP contribution in [0.5, 0.6) is 5.75 Å². The van der Waals surface area contributed by atoms with E-state index < -0.39 is 0 Å². The Hall–Kier alpha value is -1.75. The standard InChI is InChI=1S/C15H20N2O3/c18-13-3-1-2-11(8-13)9-16-15(19)20-14-10-17-6-4-12(14)5-7-17/h1-3,8,12,14,18H,4-7,9-10H2,(H,16,19). The number of alkyl carbamates (subject to hydrolysis) is 1. The number of phenolic OH excluding ortho intramolecular Hbond substituents is 1. The van der Waals surface area contributed by atoms with Crippen LogP contribution >= 0.6 is 0 Å². The lowest BCUT2D eigenvalue weighted by Crippen LogP contribution is -2.52. The zero-order valence-corrected chi connectivity index (χ0v) is 11.4. The molecule has 1 unspecified atom stereocenters. The van der Waals surface area contributed by atoms with Gasteiger partial charge < -0.3 is 15.2 Å². The molecule has 2 bridgehead atoms. The van der Waals surface area contributed by atoms with Crippen LogP contribution in [0.25, 0.3) is 0 Å². The van der Waals surface area contributed by atoms with Crippen molar-refractivity contribution in [1.29, 1.82) is 0 Å². The van der Waals surface area contributed by atoms with Crippen LogP contribution in [0, 0.1) is 5.92 Å². The van der Waals surface area contributed by atoms with E-state index in [0.29, 0.717) is 12.5 Å². The monoisotopic (exact) mass is 276 g/mol. The average Bonchev–Trinajstić information content (AvgIpc) is 2.46. The summed E-state index contributed by atoms with van der Waals surface area (Å²) in [5, 5.41) is 12.1. The molecule has 20 heavy (non-hydrogen) atoms. The second-order valence-electron chi connectivity index (χ2n) is 5.61. The van der Waals surface area contributed by atoms with Gasteiger partial charge in [0.15, 0.2) is 0 Å². The van der Waals surface area contributed by atoms with E-state index in [0.717, 1.165) is 38.0 Å². The van der Waals surface area contributed by atoms with Crippen molar-refractivity contribution in [2.75, 3.05) is 19.6 Å². The van der Waals surface area contributed by atoms with Gasteiger partial charge in [-0.2, -0.15) is 0 Å². The van der Waals surface area contributed by atoms with Gasteiger partial charge in [0.1, 0.15) is 11.9 Å². The zero-order valence-electron chi connectivity index (χ0n) is 11.4. The highest BCUT2D eigenvalue weighted by molar-refractivity contribution is 5.67. The Bertz CT molecular complexity index is 484. The zero-order chi connectivity index (χ0) is 13.9. The molecule has 4 rings (SSSR count). The fourth-order valence-electron chi connectivity index (χ4n) is 3.06. The molecule has 3 heterocycles. The van der Waals surface area contributed by atoms with Crippen LogP contribution in [0.1, 0.15) is 18.4 Å². The smallest absolute Gasteiger partial charge is 0.407 e. The SMILES string of the molecule is O=C(NCc1cccc(O)c1)OC1CN2CCC1CC2. The maximum Gasteiger partial charge on any atom is 0.407 e. The summed E-state index contributed by atoms with van der Waals surface area (Å²) in [6.45, 7) is 3.50. The van der Waals surface area contributed by atoms with E-state index in [-0.39, 0.29) is 17.9 Å². The molecule has 1 atom stereocenters. The molecule has 3 aliphatic rings. The molecule has 0 spiro atoms. The Labute approximate surface area is 118 Å². The van der Waals surface area contributed by atoms with E-state index in [9.17, 15) is 9.90 Å². The Morgan fingerprint density at radius 1 is 1.40 bits per heavy atom. The number of fused-ring (bicyclic) bond motifs is 3. The molecule has 3 saturated heterocycles. The van der Waals surface area contributed by atoms with Crippen LogP contribution in [-0.2, 0) is 11.3 Å². The van der Waals surface area contributed by atoms with Gasteiger partial charge >= 0.3 is 6.09 Å². The number of nitrogens with one attached hydrogen (secondary N) is 1. The maximum absolute atomic E-state index is 11.8. The fourth-order valence-corrected chi connectivity index (χ4v) is 3.06. The number of hydrogen-bond acceptors (Lipinski definition) is 4. The summed E-state index contributed by atoms with van der Waals surface area (Å²) >= 11 is 0. The van der Waals surface area contributed by atoms with Gasteiger partial charge in [-0.05, 0) is 49.5 Å². The molecule has 0 aromatic heterocycles. The summed E-state index contributed by atoms with van der Waals surface area (Å²) in [7, 11) is 0. The highest BCUT2D eigenvalue weighted by Crippen LogP contribution is 2.29. The second-order valence-corrected chi connectivity index (χ2v) is 5.61. The molecule has 108 valence electrons. The van der Waals surface area contributed by atoms with Crippen molar-refractivity contribution in [2.24, 2.45) is 5.92 Å². The fraction of sp³-hybridized carbons (Fsp3) is 0.533. The molecule has 5 heteroatoms. The topological polar surface area (TPSA) is 61.8 Å². The van der Waals surface area contributed by atoms with E-state index in [4.69, 9.17) is 4.74 Å². The minimum absolute atomic E-state index is 0.0293. The van der Waals surface area contributed by atoms with Crippen molar-refractivity contribution in [3.05, 3.63) is 29.8 Å². The first-order chi connectivity index (χ1) is 9.70. The summed E-state index contributed by atoms with van der Waals surface area (Å²) in [5.41, 5.74) is 0.857. The number of carbonyl (C=O) groups excluding carboxylic acids is 1. The number of amides is 1. The predicted octanol–water partition coefficient (Wildman–Crippen LogP) is 1.71. The molecule has 0 radical (unpaired) electrons. The van der Waals surface area contributed by atoms with E-state index in [1.54, 1.807) is 18.2 Å². The highest BCUT2D eigenvalue weighted by Gasteiger charge is 2.36. The van der Waals surface area contributed by atoms with Gasteiger partial charge in [0.2, 0.25) is 0 Å². The van der Waals surface area contributed by atoms with Crippen LogP contribution < -0.4 is 5.32 Å². The third-order valence-corrected chi connectivity index (χ3v) is 4.20. The first-order valence-electron chi connectivity index (χ1n) is 7.15. The van der Waals surface area contributed by atoms with Crippen molar-refractivity contribution in [3.63, 3.8) is 0 Å². The summed E-state index contributed by atoms with van der Waals surface area (Å²) < 4.78 is 5.52. The van der Waals surface area contributed by atoms with E-state index in [1.165, 1.54) is 0 Å². The minimum Gasteiger partial charge on any atom is -0.508 e. The number of carbonyl (C=O) groups is 1. The van der Waals surface area contributed by atoms with Crippen LogP contribution in [0.3, 0.4) is 0 Å². The van der Waals surface area contributed by atoms with Crippen LogP contribution in [0.2, 0.25) is 0 Å². The lowest BCUT2D eigenvalue weighted by atomic mass is 9.86. The molecule has 3 fully saturated rings. The van der Waals surface area contributed by atoms with Gasteiger partial charge in [-0.15, -0.1) is 0 Å². The molecule has 1 aromatic carbocycles. The Balaban J connectivity index is 1.48. The second kappa shape index (κ2) is 5.71. The van der Waals surface area contributed by atoms with Crippen molar-refractivity contribution in [3.8, 4) is 5.75 Å². The van der Waals surface area contributed by atoms with E-state index in [2.05, 4.69) is 10.2 Å². The Morgan fingerprint density at radius 2 is 2.20 bits per heavy atom. The Kier molecular flexibility index (Phi) is 3.78. The number of piperidine rings is 3. The number of phenols is 1. The molecule has 2 N–H and O–H groups in total. The lowest BCUT2D eigenvalue weighted by Gasteiger charge is -2.43. The molecular weight excluding hydrogens is 256 g/mol. The van der Waals surface area contributed by atoms with Crippen molar-refractivity contribution >= 4 is 6.09 Å². The van der Waals surface area contributed by atoms with Crippen molar-refractivity contribution in [1.82, 2.24) is 10.2 Å². The average molecular weight is 276 g/mol. The summed E-state index contributed by atoms with van der Waals surface area (Å²) in [5.74, 6) is 0.724. The molecule has 5 nitrogen and oxygen atoms in total. The number of nitrogens with zero attached hydrogens (tertiary/aromatic N) is 1. The summed E-state index contributed by atoms with van der Waals surface area (Å²) in [4.78, 5) is 14.2. The molecular formula is C15H20N2O3. The minimum atomic E-state index is -0.368. The molecule has 0 aliphatic carbocycles. The van der Waals surface area contributed by atoms with Gasteiger partial charge in [0.25, 0.3) is 0 Å². The number of benzene rings is 1. The molecule has 1 aromatic rings. The maximum atomic E-state index is 11.8. The Morgan fingerprint density at radius 3 is 2.85 bits per heavy atom. The number of aromatic hydroxyl groups is 1. The van der Waals surface area contributed by atoms with Crippen LogP contribution in [0.4, 0.5) is 4.79 Å². The summed E-state index contributed by atoms with van der Waals surface area (Å²) in [6, 6.07) is 6.85. The number of rotatable bonds is 3. The molecule has 0 saturated carbocycles. The largest absolute Gasteiger partial charge is 0.508 e. The van der Waals surface area contributed by atoms with E-state index >= 15 is 0 Å². The number of ether oxygens (including phenoxy) is 1. The van der Waals surface area contributed by atoms with Crippen LogP contribution in [-0.4, -0.2) is 41.8 Å². The first kappa shape index (κ1) is 13.2. The predicted molar refractivity (Wildman–Crippen MR) is 74.4 cm³/mol. The quantitative estimate of drug-likeness (QED) is 0.882. The lowest BCUT2D eigenvalue weighted by molar-refractivity contribution is -0.0332. The summed E-state index contributed by atoms with van der Waals surface area (Å²) in [6.07, 6.45) is 1.92. The molecule has 1 amide bonds. The van der Waals surface area contributed by atoms with Crippen molar-refractivity contribution < 1.29 is 14.6 Å². The van der Waals surface area contributed by atoms with Gasteiger partial charge in [-0.1, -0.05) is 12.1 Å².